The van der Waals surface area contributed by atoms with E-state index in [-0.39, 0.29) is 131 Å². The van der Waals surface area contributed by atoms with E-state index in [2.05, 4.69) is 123 Å². The first kappa shape index (κ1) is 95.3. The van der Waals surface area contributed by atoms with Crippen LogP contribution in [0.5, 0.6) is 23.0 Å². The minimum absolute atomic E-state index is 0.0452. The normalized spacial score (nSPS) is 15.2. The third-order valence-corrected chi connectivity index (χ3v) is 29.9. The fourth-order valence-corrected chi connectivity index (χ4v) is 13.9. The Kier molecular flexibility index (Phi) is 35.5. The summed E-state index contributed by atoms with van der Waals surface area (Å²) in [5.41, 5.74) is 4.20. The topological polar surface area (TPSA) is 356 Å². The molecule has 0 aromatic heterocycles. The highest BCUT2D eigenvalue weighted by Crippen LogP contribution is 2.42. The second-order valence-corrected chi connectivity index (χ2v) is 42.8. The van der Waals surface area contributed by atoms with Gasteiger partial charge in [0.15, 0.2) is 39.6 Å². The van der Waals surface area contributed by atoms with Crippen LogP contribution in [0.3, 0.4) is 0 Å². The number of nitrogens with zero attached hydrogens (tertiary/aromatic N) is 2. The number of rotatable bonds is 41. The molecule has 640 valence electrons. The fraction of sp³-hybridized carbons (Fsp3) is 0.512. The van der Waals surface area contributed by atoms with Crippen molar-refractivity contribution >= 4 is 99.0 Å². The SMILES string of the molecule is C=CCCC(=O)N[C@H](C(=O)N[C@@H](C)C(=O)Nc1ccc(COC(=O)Nc2cc(OCCCCCOc3cc(NC(=O)OCc4ccc(NC(=O)[C@H](C)NC(=O)[C@@H](NC(=O)OCC=C)C(C)C)cc4)c(C(=O)N4C=C(C)CC4CO[Si](C)(C)C(C)(C)C)cc3OC)c(OC)cc2C(=O)N2C=C(C)C[C@H]2CO[Si](C)(C)C(C)(C)C)cc1)C(C)C. The van der Waals surface area contributed by atoms with Gasteiger partial charge in [0.1, 0.15) is 44.0 Å². The molecular weight excluding hydrogens is 1530 g/mol. The van der Waals surface area contributed by atoms with Crippen molar-refractivity contribution in [1.82, 2.24) is 31.1 Å². The zero-order valence-electron chi connectivity index (χ0n) is 71.8. The molecule has 1 unspecified atom stereocenters. The lowest BCUT2D eigenvalue weighted by Gasteiger charge is -2.38. The van der Waals surface area contributed by atoms with E-state index in [1.54, 1.807) is 105 Å². The van der Waals surface area contributed by atoms with Gasteiger partial charge in [-0.2, -0.15) is 0 Å². The van der Waals surface area contributed by atoms with Crippen molar-refractivity contribution in [3.05, 3.63) is 144 Å². The first-order chi connectivity index (χ1) is 55.0. The number of ether oxygens (including phenoxy) is 7. The minimum atomic E-state index is -2.25. The Labute approximate surface area is 691 Å². The molecule has 10 amide bonds. The molecule has 6 atom stereocenters. The van der Waals surface area contributed by atoms with E-state index in [0.717, 1.165) is 11.1 Å². The monoisotopic (exact) mass is 1660 g/mol. The Morgan fingerprint density at radius 3 is 1.25 bits per heavy atom. The Balaban J connectivity index is 1.15. The van der Waals surface area contributed by atoms with Gasteiger partial charge in [-0.1, -0.05) is 123 Å². The molecule has 0 saturated carbocycles. The number of allylic oxidation sites excluding steroid dienone is 1. The van der Waals surface area contributed by atoms with E-state index in [1.807, 2.05) is 13.8 Å². The number of hydrogen-bond acceptors (Lipinski definition) is 19. The van der Waals surface area contributed by atoms with Crippen molar-refractivity contribution in [1.29, 1.82) is 0 Å². The number of carbonyl (C=O) groups excluding carboxylic acids is 10. The van der Waals surface area contributed by atoms with E-state index in [1.165, 1.54) is 58.4 Å². The van der Waals surface area contributed by atoms with Gasteiger partial charge in [0.25, 0.3) is 11.8 Å². The summed E-state index contributed by atoms with van der Waals surface area (Å²) >= 11 is 0. The van der Waals surface area contributed by atoms with Crippen molar-refractivity contribution < 1.29 is 90.0 Å². The third-order valence-electron chi connectivity index (χ3n) is 20.9. The largest absolute Gasteiger partial charge is 0.493 e. The van der Waals surface area contributed by atoms with Crippen LogP contribution in [0, 0.1) is 11.8 Å². The predicted molar refractivity (Wildman–Crippen MR) is 456 cm³/mol. The molecule has 0 aliphatic carbocycles. The van der Waals surface area contributed by atoms with Gasteiger partial charge in [0, 0.05) is 42.3 Å². The standard InChI is InChI=1S/C86H124N10O19Si2/c1-23-25-29-73(97)93-74(53(3)4)78(100)87-57(9)76(98)89-61-34-30-59(31-35-61)49-112-82(104)91-67-45-71(69(107-17)43-65(67)80(102)95-47-55(7)41-63(95)51-114-116(19,20)85(11,12)13)109-39-27-26-28-40-110-72-46-68(66(44-70(72)108-18)81(103)96-48-56(8)42-64(96)52-115-117(21,22)86(14,15)16)92-83(105)113-50-60-32-36-62(37-33-60)90-77(99)58(10)88-79(101)75(54(5)6)94-84(106)111-38-24-2/h23-24,30-37,43-48,53-54,57-58,63-64,74-75H,1-2,25-29,38-42,49-52H2,3-22H3,(H,87,100)(H,88,101)(H,89,98)(H,90,99)(H,91,104)(H,92,105)(H,93,97)(H,94,106)/t57-,58-,63-,64?,74-,75-/m0/s1. The van der Waals surface area contributed by atoms with Crippen molar-refractivity contribution in [3.63, 3.8) is 0 Å². The number of unbranched alkanes of at least 4 members (excludes halogenated alkanes) is 2. The summed E-state index contributed by atoms with van der Waals surface area (Å²) in [5.74, 6) is -2.96. The molecule has 8 N–H and O–H groups in total. The summed E-state index contributed by atoms with van der Waals surface area (Å²) in [6.07, 6.45) is 7.37. The molecule has 31 heteroatoms. The quantitative estimate of drug-likeness (QED) is 0.00885. The van der Waals surface area contributed by atoms with Crippen LogP contribution in [0.1, 0.15) is 174 Å². The molecule has 2 heterocycles. The number of nitrogens with one attached hydrogen (secondary N) is 8. The van der Waals surface area contributed by atoms with Gasteiger partial charge >= 0.3 is 18.3 Å². The van der Waals surface area contributed by atoms with Crippen LogP contribution in [0.2, 0.25) is 36.3 Å². The van der Waals surface area contributed by atoms with E-state index >= 15 is 0 Å². The van der Waals surface area contributed by atoms with Crippen LogP contribution < -0.4 is 61.5 Å². The van der Waals surface area contributed by atoms with Gasteiger partial charge in [-0.05, 0) is 162 Å². The summed E-state index contributed by atoms with van der Waals surface area (Å²) in [6, 6.07) is 14.7. The lowest BCUT2D eigenvalue weighted by atomic mass is 10.0. The Bertz CT molecular complexity index is 3960. The van der Waals surface area contributed by atoms with Crippen molar-refractivity contribution in [2.24, 2.45) is 11.8 Å². The first-order valence-electron chi connectivity index (χ1n) is 39.7. The first-order valence-corrected chi connectivity index (χ1v) is 45.5. The lowest BCUT2D eigenvalue weighted by Crippen LogP contribution is -2.53. The van der Waals surface area contributed by atoms with Crippen LogP contribution in [0.25, 0.3) is 0 Å². The summed E-state index contributed by atoms with van der Waals surface area (Å²) in [5, 5.41) is 21.5. The molecule has 0 spiro atoms. The van der Waals surface area contributed by atoms with Crippen molar-refractivity contribution in [3.8, 4) is 23.0 Å². The number of carbonyl (C=O) groups is 10. The molecule has 117 heavy (non-hydrogen) atoms. The van der Waals surface area contributed by atoms with Crippen molar-refractivity contribution in [2.75, 3.05) is 68.5 Å². The van der Waals surface area contributed by atoms with Crippen LogP contribution in [0.15, 0.2) is 122 Å². The summed E-state index contributed by atoms with van der Waals surface area (Å²) in [6.45, 7) is 43.1. The summed E-state index contributed by atoms with van der Waals surface area (Å²) in [7, 11) is -1.59. The molecule has 4 aromatic rings. The summed E-state index contributed by atoms with van der Waals surface area (Å²) in [4.78, 5) is 139. The van der Waals surface area contributed by atoms with Crippen LogP contribution in [-0.4, -0.2) is 170 Å². The van der Waals surface area contributed by atoms with Gasteiger partial charge in [-0.3, -0.25) is 44.2 Å². The van der Waals surface area contributed by atoms with E-state index < -0.39 is 94.5 Å². The highest BCUT2D eigenvalue weighted by molar-refractivity contribution is 6.74. The number of alkyl carbamates (subject to hydrolysis) is 1. The maximum Gasteiger partial charge on any atom is 0.411 e. The van der Waals surface area contributed by atoms with Gasteiger partial charge in [-0.25, -0.2) is 14.4 Å². The zero-order chi connectivity index (χ0) is 86.9. The molecule has 0 saturated heterocycles. The molecule has 2 aliphatic heterocycles. The van der Waals surface area contributed by atoms with Gasteiger partial charge in [0.2, 0.25) is 29.5 Å². The van der Waals surface area contributed by atoms with E-state index in [0.29, 0.717) is 67.6 Å². The van der Waals surface area contributed by atoms with Gasteiger partial charge < -0.3 is 83.7 Å². The Morgan fingerprint density at radius 1 is 0.496 bits per heavy atom. The van der Waals surface area contributed by atoms with Crippen LogP contribution in [0.4, 0.5) is 37.1 Å². The Hall–Kier alpha value is -10.5. The van der Waals surface area contributed by atoms with Crippen LogP contribution in [-0.2, 0) is 60.2 Å². The average Bonchev–Trinajstić information content (AvgIpc) is 1.40. The molecule has 0 fully saturated rings. The second-order valence-electron chi connectivity index (χ2n) is 33.2. The fourth-order valence-electron chi connectivity index (χ4n) is 11.8. The number of benzene rings is 4. The second kappa shape index (κ2) is 43.6. The van der Waals surface area contributed by atoms with Gasteiger partial charge in [-0.15, -0.1) is 6.58 Å². The predicted octanol–water partition coefficient (Wildman–Crippen LogP) is 15.0. The molecule has 29 nitrogen and oxygen atoms in total. The van der Waals surface area contributed by atoms with E-state index in [4.69, 9.17) is 42.0 Å². The van der Waals surface area contributed by atoms with Gasteiger partial charge in [0.05, 0.1) is 75.2 Å². The maximum atomic E-state index is 15.0. The molecule has 0 radical (unpaired) electrons. The van der Waals surface area contributed by atoms with E-state index in [9.17, 15) is 47.9 Å². The smallest absolute Gasteiger partial charge is 0.411 e. The third kappa shape index (κ3) is 28.4. The molecule has 2 aliphatic rings. The minimum Gasteiger partial charge on any atom is -0.493 e. The Morgan fingerprint density at radius 2 is 0.889 bits per heavy atom. The van der Waals surface area contributed by atoms with Crippen LogP contribution >= 0.6 is 0 Å². The summed E-state index contributed by atoms with van der Waals surface area (Å²) < 4.78 is 54.2. The molecular formula is C86H124N10O19Si2. The highest BCUT2D eigenvalue weighted by Gasteiger charge is 2.42. The zero-order valence-corrected chi connectivity index (χ0v) is 73.8. The number of hydrogen-bond donors (Lipinski definition) is 8. The number of anilines is 4. The number of methoxy groups -OCH3 is 2. The molecule has 0 bridgehead atoms. The highest BCUT2D eigenvalue weighted by atomic mass is 28.4. The molecule has 4 aromatic carbocycles. The number of amides is 10. The maximum absolute atomic E-state index is 15.0. The molecule has 6 rings (SSSR count). The van der Waals surface area contributed by atoms with Crippen molar-refractivity contribution in [2.45, 2.75) is 228 Å². The average molecular weight is 1660 g/mol. The lowest BCUT2D eigenvalue weighted by molar-refractivity contribution is -0.131.